The van der Waals surface area contributed by atoms with Gasteiger partial charge in [-0.05, 0) is 38.5 Å². The lowest BCUT2D eigenvalue weighted by Gasteiger charge is -2.28. The van der Waals surface area contributed by atoms with E-state index in [1.54, 1.807) is 0 Å². The van der Waals surface area contributed by atoms with Crippen LogP contribution in [0.2, 0.25) is 0 Å². The molecule has 0 aromatic carbocycles. The molecule has 0 radical (unpaired) electrons. The molecule has 1 heterocycles. The maximum atomic E-state index is 11.7. The van der Waals surface area contributed by atoms with Crippen molar-refractivity contribution in [2.75, 3.05) is 6.61 Å². The summed E-state index contributed by atoms with van der Waals surface area (Å²) < 4.78 is 11.7. The molecule has 1 unspecified atom stereocenters. The molecular weight excluding hydrogens is 368 g/mol. The third kappa shape index (κ3) is 12.3. The molecule has 170 valence electrons. The molecule has 5 heteroatoms. The van der Waals surface area contributed by atoms with Crippen molar-refractivity contribution in [1.29, 1.82) is 0 Å². The normalized spacial score (nSPS) is 19.0. The number of ether oxygens (including phenoxy) is 2. The quantitative estimate of drug-likeness (QED) is 0.154. The Hall–Kier alpha value is -1.07. The van der Waals surface area contributed by atoms with Gasteiger partial charge in [0.1, 0.15) is 5.76 Å². The Kier molecular flexibility index (Phi) is 15.0. The highest BCUT2D eigenvalue weighted by atomic mass is 16.7. The molecule has 0 bridgehead atoms. The minimum absolute atomic E-state index is 0.0163. The number of unbranched alkanes of at least 4 members (excludes halogenated alkanes) is 8. The first-order valence-electron chi connectivity index (χ1n) is 12.0. The predicted octanol–water partition coefficient (Wildman–Crippen LogP) is 6.91. The van der Waals surface area contributed by atoms with Crippen LogP contribution in [0, 0.1) is 0 Å². The van der Waals surface area contributed by atoms with E-state index in [2.05, 4.69) is 13.8 Å². The van der Waals surface area contributed by atoms with Crippen LogP contribution in [-0.4, -0.2) is 35.2 Å². The fraction of sp³-hybridized carbons (Fsp3) is 0.875. The van der Waals surface area contributed by atoms with Crippen molar-refractivity contribution in [3.05, 3.63) is 11.3 Å². The van der Waals surface area contributed by atoms with E-state index in [0.29, 0.717) is 13.0 Å². The van der Waals surface area contributed by atoms with Gasteiger partial charge in [0, 0.05) is 13.0 Å². The molecule has 1 aliphatic heterocycles. The highest BCUT2D eigenvalue weighted by Gasteiger charge is 2.23. The van der Waals surface area contributed by atoms with Crippen molar-refractivity contribution in [1.82, 2.24) is 0 Å². The van der Waals surface area contributed by atoms with Crippen LogP contribution in [0.25, 0.3) is 0 Å². The Morgan fingerprint density at radius 3 is 2.21 bits per heavy atom. The number of carboxylic acids is 1. The summed E-state index contributed by atoms with van der Waals surface area (Å²) in [5.74, 6) is -1.02. The first-order valence-corrected chi connectivity index (χ1v) is 12.0. The van der Waals surface area contributed by atoms with E-state index in [1.165, 1.54) is 32.1 Å². The predicted molar refractivity (Wildman–Crippen MR) is 117 cm³/mol. The van der Waals surface area contributed by atoms with E-state index >= 15 is 0 Å². The third-order valence-electron chi connectivity index (χ3n) is 5.67. The number of aliphatic carboxylic acids is 1. The molecule has 0 spiro atoms. The van der Waals surface area contributed by atoms with Crippen LogP contribution < -0.4 is 0 Å². The molecule has 2 atom stereocenters. The van der Waals surface area contributed by atoms with Crippen molar-refractivity contribution < 1.29 is 24.5 Å². The van der Waals surface area contributed by atoms with Crippen LogP contribution in [0.15, 0.2) is 11.3 Å². The second-order valence-corrected chi connectivity index (χ2v) is 8.36. The van der Waals surface area contributed by atoms with Crippen molar-refractivity contribution in [3.8, 4) is 0 Å². The zero-order valence-electron chi connectivity index (χ0n) is 18.8. The standard InChI is InChI=1S/C24H44O5/c1-3-5-7-8-9-10-11-12-16-21(24(26)27)22(25)19-20(15-6-4-2)29-23-17-13-14-18-28-23/h20,23,25H,3-19H2,1-2H3,(H,26,27)/t20-,23?/m1/s1. The summed E-state index contributed by atoms with van der Waals surface area (Å²) in [4.78, 5) is 11.7. The lowest BCUT2D eigenvalue weighted by molar-refractivity contribution is -0.190. The summed E-state index contributed by atoms with van der Waals surface area (Å²) in [5, 5.41) is 20.1. The molecule has 0 aromatic rings. The van der Waals surface area contributed by atoms with Gasteiger partial charge in [0.2, 0.25) is 0 Å². The molecule has 5 nitrogen and oxygen atoms in total. The highest BCUT2D eigenvalue weighted by molar-refractivity contribution is 5.87. The van der Waals surface area contributed by atoms with E-state index < -0.39 is 5.97 Å². The average molecular weight is 413 g/mol. The molecule has 1 fully saturated rings. The fourth-order valence-corrected chi connectivity index (χ4v) is 3.83. The fourth-order valence-electron chi connectivity index (χ4n) is 3.83. The van der Waals surface area contributed by atoms with Crippen LogP contribution in [-0.2, 0) is 14.3 Å². The number of hydrogen-bond donors (Lipinski definition) is 2. The maximum absolute atomic E-state index is 11.7. The summed E-state index contributed by atoms with van der Waals surface area (Å²) in [7, 11) is 0. The molecule has 1 aliphatic rings. The van der Waals surface area contributed by atoms with Crippen LogP contribution in [0.5, 0.6) is 0 Å². The number of carbonyl (C=O) groups is 1. The van der Waals surface area contributed by atoms with E-state index in [9.17, 15) is 15.0 Å². The van der Waals surface area contributed by atoms with Crippen molar-refractivity contribution in [3.63, 3.8) is 0 Å². The summed E-state index contributed by atoms with van der Waals surface area (Å²) in [5.41, 5.74) is 0.158. The number of hydrogen-bond acceptors (Lipinski definition) is 4. The smallest absolute Gasteiger partial charge is 0.334 e. The van der Waals surface area contributed by atoms with E-state index in [1.807, 2.05) is 0 Å². The van der Waals surface area contributed by atoms with Crippen molar-refractivity contribution >= 4 is 5.97 Å². The lowest BCUT2D eigenvalue weighted by Crippen LogP contribution is -2.28. The van der Waals surface area contributed by atoms with Crippen molar-refractivity contribution in [2.24, 2.45) is 0 Å². The Morgan fingerprint density at radius 2 is 1.62 bits per heavy atom. The number of aliphatic hydroxyl groups excluding tert-OH is 1. The Labute approximate surface area is 177 Å². The summed E-state index contributed by atoms with van der Waals surface area (Å²) in [6.07, 6.45) is 15.4. The zero-order chi connectivity index (χ0) is 21.3. The van der Waals surface area contributed by atoms with Gasteiger partial charge in [0.05, 0.1) is 11.7 Å². The molecule has 0 amide bonds. The lowest BCUT2D eigenvalue weighted by atomic mass is 10.0. The van der Waals surface area contributed by atoms with Crippen LogP contribution >= 0.6 is 0 Å². The Morgan fingerprint density at radius 1 is 0.966 bits per heavy atom. The van der Waals surface area contributed by atoms with E-state index in [0.717, 1.165) is 57.8 Å². The van der Waals surface area contributed by atoms with Gasteiger partial charge in [-0.1, -0.05) is 71.6 Å². The van der Waals surface area contributed by atoms with E-state index in [4.69, 9.17) is 9.47 Å². The number of rotatable bonds is 17. The Bertz CT molecular complexity index is 454. The highest BCUT2D eigenvalue weighted by Crippen LogP contribution is 2.24. The molecule has 1 saturated heterocycles. The monoisotopic (exact) mass is 412 g/mol. The minimum atomic E-state index is -1.01. The molecule has 0 saturated carbocycles. The average Bonchev–Trinajstić information content (AvgIpc) is 2.71. The maximum Gasteiger partial charge on any atom is 0.334 e. The summed E-state index contributed by atoms with van der Waals surface area (Å²) >= 11 is 0. The van der Waals surface area contributed by atoms with Gasteiger partial charge in [-0.15, -0.1) is 0 Å². The zero-order valence-corrected chi connectivity index (χ0v) is 18.8. The SMILES string of the molecule is CCCCCCCCCCC(C(=O)O)=C(O)C[C@@H](CCCC)OC1CCCCO1. The Balaban J connectivity index is 2.49. The van der Waals surface area contributed by atoms with Gasteiger partial charge in [0.15, 0.2) is 6.29 Å². The van der Waals surface area contributed by atoms with Gasteiger partial charge in [-0.3, -0.25) is 0 Å². The molecule has 0 aliphatic carbocycles. The third-order valence-corrected chi connectivity index (χ3v) is 5.67. The molecule has 29 heavy (non-hydrogen) atoms. The second kappa shape index (κ2) is 16.7. The molecule has 2 N–H and O–H groups in total. The van der Waals surface area contributed by atoms with Gasteiger partial charge < -0.3 is 19.7 Å². The number of carboxylic acid groups (broad SMARTS) is 1. The molecule has 1 rings (SSSR count). The van der Waals surface area contributed by atoms with Gasteiger partial charge >= 0.3 is 5.97 Å². The first kappa shape index (κ1) is 26.0. The molecule has 0 aromatic heterocycles. The number of aliphatic hydroxyl groups is 1. The van der Waals surface area contributed by atoms with Crippen LogP contribution in [0.3, 0.4) is 0 Å². The van der Waals surface area contributed by atoms with Gasteiger partial charge in [0.25, 0.3) is 0 Å². The largest absolute Gasteiger partial charge is 0.512 e. The van der Waals surface area contributed by atoms with Gasteiger partial charge in [-0.2, -0.15) is 0 Å². The minimum Gasteiger partial charge on any atom is -0.512 e. The van der Waals surface area contributed by atoms with Crippen molar-refractivity contribution in [2.45, 2.75) is 129 Å². The summed E-state index contributed by atoms with van der Waals surface area (Å²) in [6.45, 7) is 5.05. The summed E-state index contributed by atoms with van der Waals surface area (Å²) in [6, 6.07) is 0. The molecular formula is C24H44O5. The van der Waals surface area contributed by atoms with E-state index in [-0.39, 0.29) is 30.1 Å². The topological polar surface area (TPSA) is 76.0 Å². The van der Waals surface area contributed by atoms with Crippen LogP contribution in [0.4, 0.5) is 0 Å². The second-order valence-electron chi connectivity index (χ2n) is 8.36. The van der Waals surface area contributed by atoms with Crippen LogP contribution in [0.1, 0.15) is 117 Å². The first-order chi connectivity index (χ1) is 14.1. The van der Waals surface area contributed by atoms with Gasteiger partial charge in [-0.25, -0.2) is 4.79 Å².